The Morgan fingerprint density at radius 1 is 0.600 bits per heavy atom. The molecule has 3 rings (SSSR count). The molecule has 0 saturated heterocycles. The van der Waals surface area contributed by atoms with E-state index in [1.165, 1.54) is 24.3 Å². The molecule has 30 heavy (non-hydrogen) atoms. The van der Waals surface area contributed by atoms with Gasteiger partial charge in [0.1, 0.15) is 0 Å². The Balaban J connectivity index is 2.40. The molecule has 0 fully saturated rings. The van der Waals surface area contributed by atoms with E-state index in [2.05, 4.69) is 0 Å². The molecule has 0 amide bonds. The predicted molar refractivity (Wildman–Crippen MR) is 119 cm³/mol. The highest BCUT2D eigenvalue weighted by molar-refractivity contribution is 7.86. The lowest BCUT2D eigenvalue weighted by Crippen LogP contribution is -2.26. The normalized spacial score (nSPS) is 12.3. The summed E-state index contributed by atoms with van der Waals surface area (Å²) in [5, 5.41) is 2.26. The Morgan fingerprint density at radius 2 is 1.00 bits per heavy atom. The van der Waals surface area contributed by atoms with Gasteiger partial charge in [-0.1, -0.05) is 36.4 Å². The van der Waals surface area contributed by atoms with Gasteiger partial charge in [-0.15, -0.1) is 0 Å². The SMILES string of the molecule is Cc1ccccc1P(c1cc(S(=O)(=O)O)ccc1C)c1cc(S(=O)(=O)O)ccc1C. The molecule has 0 saturated carbocycles. The Bertz CT molecular complexity index is 1250. The van der Waals surface area contributed by atoms with Gasteiger partial charge in [0.2, 0.25) is 0 Å². The molecule has 0 heterocycles. The van der Waals surface area contributed by atoms with Crippen LogP contribution in [0.1, 0.15) is 16.7 Å². The zero-order valence-corrected chi connectivity index (χ0v) is 19.1. The van der Waals surface area contributed by atoms with Gasteiger partial charge in [0, 0.05) is 0 Å². The van der Waals surface area contributed by atoms with Crippen LogP contribution >= 0.6 is 7.92 Å². The topological polar surface area (TPSA) is 109 Å². The minimum absolute atomic E-state index is 0.229. The lowest BCUT2D eigenvalue weighted by molar-refractivity contribution is 0.481. The highest BCUT2D eigenvalue weighted by Crippen LogP contribution is 2.37. The van der Waals surface area contributed by atoms with Gasteiger partial charge in [0.15, 0.2) is 0 Å². The highest BCUT2D eigenvalue weighted by atomic mass is 32.2. The van der Waals surface area contributed by atoms with Gasteiger partial charge >= 0.3 is 0 Å². The van der Waals surface area contributed by atoms with Gasteiger partial charge in [-0.2, -0.15) is 16.8 Å². The lowest BCUT2D eigenvalue weighted by atomic mass is 10.2. The number of hydrogen-bond acceptors (Lipinski definition) is 4. The fourth-order valence-electron chi connectivity index (χ4n) is 3.18. The van der Waals surface area contributed by atoms with E-state index >= 15 is 0 Å². The van der Waals surface area contributed by atoms with E-state index in [4.69, 9.17) is 0 Å². The van der Waals surface area contributed by atoms with Crippen LogP contribution in [-0.4, -0.2) is 25.9 Å². The fraction of sp³-hybridized carbons (Fsp3) is 0.143. The van der Waals surface area contributed by atoms with E-state index in [-0.39, 0.29) is 9.79 Å². The first kappa shape index (κ1) is 22.6. The second-order valence-electron chi connectivity index (χ2n) is 6.97. The third kappa shape index (κ3) is 4.63. The van der Waals surface area contributed by atoms with Crippen LogP contribution in [0.5, 0.6) is 0 Å². The van der Waals surface area contributed by atoms with Gasteiger partial charge in [0.25, 0.3) is 20.2 Å². The van der Waals surface area contributed by atoms with Crippen molar-refractivity contribution in [2.45, 2.75) is 30.6 Å². The fourth-order valence-corrected chi connectivity index (χ4v) is 7.20. The number of benzene rings is 3. The van der Waals surface area contributed by atoms with E-state index in [9.17, 15) is 25.9 Å². The van der Waals surface area contributed by atoms with Crippen molar-refractivity contribution in [1.29, 1.82) is 0 Å². The van der Waals surface area contributed by atoms with Crippen molar-refractivity contribution in [2.75, 3.05) is 0 Å². The van der Waals surface area contributed by atoms with Crippen molar-refractivity contribution in [3.05, 3.63) is 77.4 Å². The molecule has 0 radical (unpaired) electrons. The predicted octanol–water partition coefficient (Wildman–Crippen LogP) is 2.86. The molecule has 0 aliphatic rings. The number of rotatable bonds is 5. The molecule has 0 aliphatic carbocycles. The van der Waals surface area contributed by atoms with E-state index in [0.29, 0.717) is 10.6 Å². The molecule has 6 nitrogen and oxygen atoms in total. The molecular formula is C21H21O6PS2. The van der Waals surface area contributed by atoms with Gasteiger partial charge in [0.05, 0.1) is 9.79 Å². The van der Waals surface area contributed by atoms with Gasteiger partial charge in [-0.25, -0.2) is 0 Å². The van der Waals surface area contributed by atoms with Crippen LogP contribution in [0.2, 0.25) is 0 Å². The van der Waals surface area contributed by atoms with E-state index in [1.807, 2.05) is 45.0 Å². The second kappa shape index (κ2) is 8.21. The summed E-state index contributed by atoms with van der Waals surface area (Å²) in [6, 6.07) is 16.4. The summed E-state index contributed by atoms with van der Waals surface area (Å²) >= 11 is 0. The van der Waals surface area contributed by atoms with Crippen LogP contribution in [0, 0.1) is 20.8 Å². The molecule has 0 spiro atoms. The van der Waals surface area contributed by atoms with E-state index < -0.39 is 28.2 Å². The second-order valence-corrected chi connectivity index (χ2v) is 11.9. The average Bonchev–Trinajstić information content (AvgIpc) is 2.64. The molecule has 3 aromatic carbocycles. The first-order valence-electron chi connectivity index (χ1n) is 8.91. The summed E-state index contributed by atoms with van der Waals surface area (Å²) in [6.45, 7) is 5.59. The Kier molecular flexibility index (Phi) is 6.18. The number of hydrogen-bond donors (Lipinski definition) is 2. The third-order valence-corrected chi connectivity index (χ3v) is 9.41. The minimum Gasteiger partial charge on any atom is -0.282 e. The van der Waals surface area contributed by atoms with Gasteiger partial charge in [-0.05, 0) is 85.6 Å². The monoisotopic (exact) mass is 464 g/mol. The van der Waals surface area contributed by atoms with Crippen LogP contribution in [-0.2, 0) is 20.2 Å². The summed E-state index contributed by atoms with van der Waals surface area (Å²) in [5.41, 5.74) is 2.55. The minimum atomic E-state index is -4.42. The average molecular weight is 465 g/mol. The molecule has 0 atom stereocenters. The summed E-state index contributed by atoms with van der Waals surface area (Å²) < 4.78 is 66.2. The quantitative estimate of drug-likeness (QED) is 0.444. The van der Waals surface area contributed by atoms with Crippen LogP contribution in [0.3, 0.4) is 0 Å². The van der Waals surface area contributed by atoms with Gasteiger partial charge in [-0.3, -0.25) is 9.11 Å². The molecule has 9 heteroatoms. The van der Waals surface area contributed by atoms with Crippen LogP contribution in [0.4, 0.5) is 0 Å². The van der Waals surface area contributed by atoms with E-state index in [1.54, 1.807) is 12.1 Å². The molecule has 3 aromatic rings. The van der Waals surface area contributed by atoms with Crippen molar-refractivity contribution in [3.8, 4) is 0 Å². The molecule has 0 bridgehead atoms. The highest BCUT2D eigenvalue weighted by Gasteiger charge is 2.25. The van der Waals surface area contributed by atoms with Crippen molar-refractivity contribution in [1.82, 2.24) is 0 Å². The van der Waals surface area contributed by atoms with Crippen molar-refractivity contribution in [2.24, 2.45) is 0 Å². The maximum Gasteiger partial charge on any atom is 0.294 e. The molecule has 2 N–H and O–H groups in total. The maximum atomic E-state index is 11.8. The first-order chi connectivity index (χ1) is 13.9. The molecule has 0 aliphatic heterocycles. The maximum absolute atomic E-state index is 11.8. The van der Waals surface area contributed by atoms with Gasteiger partial charge < -0.3 is 0 Å². The molecule has 0 aromatic heterocycles. The molecule has 0 unspecified atom stereocenters. The van der Waals surface area contributed by atoms with Crippen molar-refractivity contribution in [3.63, 3.8) is 0 Å². The summed E-state index contributed by atoms with van der Waals surface area (Å²) in [4.78, 5) is -0.458. The summed E-state index contributed by atoms with van der Waals surface area (Å²) in [5.74, 6) is 0. The zero-order valence-electron chi connectivity index (χ0n) is 16.6. The Morgan fingerprint density at radius 3 is 1.40 bits per heavy atom. The Hall–Kier alpha value is -2.09. The molecule has 158 valence electrons. The first-order valence-corrected chi connectivity index (χ1v) is 13.1. The van der Waals surface area contributed by atoms with Crippen LogP contribution in [0.25, 0.3) is 0 Å². The Labute approximate surface area is 177 Å². The summed E-state index contributed by atoms with van der Waals surface area (Å²) in [7, 11) is -10.2. The smallest absolute Gasteiger partial charge is 0.282 e. The van der Waals surface area contributed by atoms with Crippen LogP contribution < -0.4 is 15.9 Å². The molecular weight excluding hydrogens is 443 g/mol. The largest absolute Gasteiger partial charge is 0.294 e. The lowest BCUT2D eigenvalue weighted by Gasteiger charge is -2.25. The third-order valence-electron chi connectivity index (χ3n) is 4.80. The van der Waals surface area contributed by atoms with Crippen molar-refractivity contribution < 1.29 is 25.9 Å². The van der Waals surface area contributed by atoms with E-state index in [0.717, 1.165) is 22.0 Å². The van der Waals surface area contributed by atoms with Crippen molar-refractivity contribution >= 4 is 44.1 Å². The summed E-state index contributed by atoms with van der Waals surface area (Å²) in [6.07, 6.45) is 0. The number of aryl methyl sites for hydroxylation is 3. The standard InChI is InChI=1S/C21H21O6PS2/c1-14-6-4-5-7-19(14)28(20-12-17(29(22,23)24)10-8-15(20)2)21-13-18(30(25,26)27)11-9-16(21)3/h4-13H,1-3H3,(H,22,23,24)(H,25,26,27). The van der Waals surface area contributed by atoms with Crippen LogP contribution in [0.15, 0.2) is 70.5 Å². The zero-order chi connectivity index (χ0) is 22.3.